The van der Waals surface area contributed by atoms with Crippen molar-refractivity contribution in [1.82, 2.24) is 9.78 Å². The van der Waals surface area contributed by atoms with Crippen molar-refractivity contribution in [3.8, 4) is 5.75 Å². The molecule has 0 N–H and O–H groups in total. The van der Waals surface area contributed by atoms with E-state index in [2.05, 4.69) is 21.0 Å². The highest BCUT2D eigenvalue weighted by atomic mass is 79.9. The van der Waals surface area contributed by atoms with Crippen LogP contribution in [0.2, 0.25) is 0 Å². The number of rotatable bonds is 3. The van der Waals surface area contributed by atoms with Crippen LogP contribution in [0.1, 0.15) is 11.3 Å². The smallest absolute Gasteiger partial charge is 0.119 e. The van der Waals surface area contributed by atoms with Crippen molar-refractivity contribution in [3.05, 3.63) is 46.2 Å². The van der Waals surface area contributed by atoms with Gasteiger partial charge in [-0.15, -0.1) is 0 Å². The van der Waals surface area contributed by atoms with Gasteiger partial charge in [-0.3, -0.25) is 4.68 Å². The van der Waals surface area contributed by atoms with E-state index in [9.17, 15) is 0 Å². The quantitative estimate of drug-likeness (QED) is 0.864. The summed E-state index contributed by atoms with van der Waals surface area (Å²) in [5, 5.41) is 4.27. The van der Waals surface area contributed by atoms with E-state index < -0.39 is 0 Å². The van der Waals surface area contributed by atoms with Gasteiger partial charge < -0.3 is 4.74 Å². The summed E-state index contributed by atoms with van der Waals surface area (Å²) in [6.45, 7) is 2.54. The van der Waals surface area contributed by atoms with E-state index in [-0.39, 0.29) is 0 Å². The van der Waals surface area contributed by atoms with Crippen LogP contribution in [-0.4, -0.2) is 9.78 Å². The van der Waals surface area contributed by atoms with Gasteiger partial charge in [0.25, 0.3) is 0 Å². The van der Waals surface area contributed by atoms with Gasteiger partial charge in [-0.05, 0) is 31.2 Å². The molecule has 0 amide bonds. The molecule has 2 rings (SSSR count). The molecule has 2 aromatic rings. The molecular weight excluding hydrogens is 268 g/mol. The van der Waals surface area contributed by atoms with Crippen LogP contribution < -0.4 is 4.74 Å². The standard InChI is InChI=1S/C12H13BrN2O/c1-9-10(7-15(2)14-9)8-16-12-5-3-11(13)4-6-12/h3-7H,8H2,1-2H3. The molecule has 1 heterocycles. The first-order chi connectivity index (χ1) is 7.65. The van der Waals surface area contributed by atoms with Crippen LogP contribution in [0.5, 0.6) is 5.75 Å². The SMILES string of the molecule is Cc1nn(C)cc1COc1ccc(Br)cc1. The molecule has 0 aliphatic carbocycles. The van der Waals surface area contributed by atoms with Gasteiger partial charge in [0.15, 0.2) is 0 Å². The van der Waals surface area contributed by atoms with Gasteiger partial charge in [0, 0.05) is 23.3 Å². The predicted octanol–water partition coefficient (Wildman–Crippen LogP) is 3.07. The van der Waals surface area contributed by atoms with Crippen molar-refractivity contribution in [3.63, 3.8) is 0 Å². The van der Waals surface area contributed by atoms with Crippen LogP contribution in [0.3, 0.4) is 0 Å². The number of nitrogens with zero attached hydrogens (tertiary/aromatic N) is 2. The van der Waals surface area contributed by atoms with Crippen LogP contribution >= 0.6 is 15.9 Å². The Kier molecular flexibility index (Phi) is 3.29. The summed E-state index contributed by atoms with van der Waals surface area (Å²) < 4.78 is 8.52. The summed E-state index contributed by atoms with van der Waals surface area (Å²) in [6, 6.07) is 7.81. The fraction of sp³-hybridized carbons (Fsp3) is 0.250. The number of hydrogen-bond acceptors (Lipinski definition) is 2. The first-order valence-electron chi connectivity index (χ1n) is 5.02. The molecule has 0 aliphatic heterocycles. The molecule has 1 aromatic heterocycles. The zero-order valence-corrected chi connectivity index (χ0v) is 10.9. The largest absolute Gasteiger partial charge is 0.489 e. The molecule has 0 atom stereocenters. The lowest BCUT2D eigenvalue weighted by Gasteiger charge is -2.04. The van der Waals surface area contributed by atoms with Gasteiger partial charge in [-0.2, -0.15) is 5.10 Å². The van der Waals surface area contributed by atoms with Gasteiger partial charge in [-0.25, -0.2) is 0 Å². The zero-order valence-electron chi connectivity index (χ0n) is 9.27. The molecule has 4 heteroatoms. The summed E-state index contributed by atoms with van der Waals surface area (Å²) in [4.78, 5) is 0. The second kappa shape index (κ2) is 4.70. The van der Waals surface area contributed by atoms with E-state index in [0.717, 1.165) is 21.5 Å². The molecule has 16 heavy (non-hydrogen) atoms. The van der Waals surface area contributed by atoms with Crippen LogP contribution in [0.4, 0.5) is 0 Å². The lowest BCUT2D eigenvalue weighted by Crippen LogP contribution is -1.95. The van der Waals surface area contributed by atoms with Crippen molar-refractivity contribution in [2.24, 2.45) is 7.05 Å². The first kappa shape index (κ1) is 11.2. The Labute approximate surface area is 103 Å². The summed E-state index contributed by atoms with van der Waals surface area (Å²) >= 11 is 3.39. The predicted molar refractivity (Wildman–Crippen MR) is 66.4 cm³/mol. The highest BCUT2D eigenvalue weighted by molar-refractivity contribution is 9.10. The van der Waals surface area contributed by atoms with Crippen LogP contribution in [0, 0.1) is 6.92 Å². The number of ether oxygens (including phenoxy) is 1. The molecule has 84 valence electrons. The molecule has 0 bridgehead atoms. The maximum Gasteiger partial charge on any atom is 0.119 e. The zero-order chi connectivity index (χ0) is 11.5. The van der Waals surface area contributed by atoms with Gasteiger partial charge in [0.05, 0.1) is 5.69 Å². The fourth-order valence-corrected chi connectivity index (χ4v) is 1.75. The Morgan fingerprint density at radius 2 is 2.00 bits per heavy atom. The Morgan fingerprint density at radius 3 is 2.56 bits per heavy atom. The monoisotopic (exact) mass is 280 g/mol. The summed E-state index contributed by atoms with van der Waals surface area (Å²) in [7, 11) is 1.91. The minimum atomic E-state index is 0.557. The topological polar surface area (TPSA) is 27.1 Å². The average Bonchev–Trinajstić information content (AvgIpc) is 2.57. The molecule has 3 nitrogen and oxygen atoms in total. The molecular formula is C12H13BrN2O. The molecule has 0 radical (unpaired) electrons. The number of benzene rings is 1. The number of aromatic nitrogens is 2. The third-order valence-corrected chi connectivity index (χ3v) is 2.85. The minimum absolute atomic E-state index is 0.557. The van der Waals surface area contributed by atoms with Crippen molar-refractivity contribution in [2.75, 3.05) is 0 Å². The van der Waals surface area contributed by atoms with E-state index in [0.29, 0.717) is 6.61 Å². The Bertz CT molecular complexity index is 476. The summed E-state index contributed by atoms with van der Waals surface area (Å²) in [6.07, 6.45) is 1.98. The third kappa shape index (κ3) is 2.64. The highest BCUT2D eigenvalue weighted by Crippen LogP contribution is 2.17. The van der Waals surface area contributed by atoms with E-state index in [1.807, 2.05) is 44.4 Å². The number of halogens is 1. The second-order valence-electron chi connectivity index (χ2n) is 3.66. The Balaban J connectivity index is 2.02. The molecule has 0 fully saturated rings. The van der Waals surface area contributed by atoms with Gasteiger partial charge >= 0.3 is 0 Å². The van der Waals surface area contributed by atoms with Crippen molar-refractivity contribution < 1.29 is 4.74 Å². The summed E-state index contributed by atoms with van der Waals surface area (Å²) in [5.74, 6) is 0.867. The van der Waals surface area contributed by atoms with Crippen molar-refractivity contribution >= 4 is 15.9 Å². The fourth-order valence-electron chi connectivity index (χ4n) is 1.48. The lowest BCUT2D eigenvalue weighted by atomic mass is 10.3. The van der Waals surface area contributed by atoms with Crippen molar-refractivity contribution in [1.29, 1.82) is 0 Å². The molecule has 0 spiro atoms. The van der Waals surface area contributed by atoms with E-state index in [4.69, 9.17) is 4.74 Å². The molecule has 1 aromatic carbocycles. The number of aryl methyl sites for hydroxylation is 2. The van der Waals surface area contributed by atoms with E-state index >= 15 is 0 Å². The first-order valence-corrected chi connectivity index (χ1v) is 5.82. The maximum atomic E-state index is 5.67. The molecule has 0 saturated heterocycles. The normalized spacial score (nSPS) is 10.4. The van der Waals surface area contributed by atoms with E-state index in [1.165, 1.54) is 0 Å². The van der Waals surface area contributed by atoms with Crippen molar-refractivity contribution in [2.45, 2.75) is 13.5 Å². The molecule has 0 aliphatic rings. The van der Waals surface area contributed by atoms with Gasteiger partial charge in [0.1, 0.15) is 12.4 Å². The Morgan fingerprint density at radius 1 is 1.31 bits per heavy atom. The van der Waals surface area contributed by atoms with Crippen LogP contribution in [0.15, 0.2) is 34.9 Å². The third-order valence-electron chi connectivity index (χ3n) is 2.32. The molecule has 0 unspecified atom stereocenters. The van der Waals surface area contributed by atoms with Gasteiger partial charge in [0.2, 0.25) is 0 Å². The van der Waals surface area contributed by atoms with Crippen LogP contribution in [0.25, 0.3) is 0 Å². The van der Waals surface area contributed by atoms with E-state index in [1.54, 1.807) is 4.68 Å². The maximum absolute atomic E-state index is 5.67. The lowest BCUT2D eigenvalue weighted by molar-refractivity contribution is 0.305. The second-order valence-corrected chi connectivity index (χ2v) is 4.57. The number of hydrogen-bond donors (Lipinski definition) is 0. The Hall–Kier alpha value is -1.29. The summed E-state index contributed by atoms with van der Waals surface area (Å²) in [5.41, 5.74) is 2.13. The average molecular weight is 281 g/mol. The van der Waals surface area contributed by atoms with Crippen LogP contribution in [-0.2, 0) is 13.7 Å². The highest BCUT2D eigenvalue weighted by Gasteiger charge is 2.03. The molecule has 0 saturated carbocycles. The van der Waals surface area contributed by atoms with Gasteiger partial charge in [-0.1, -0.05) is 15.9 Å². The minimum Gasteiger partial charge on any atom is -0.489 e.